The van der Waals surface area contributed by atoms with E-state index in [0.717, 1.165) is 28.4 Å². The molecule has 0 aromatic heterocycles. The summed E-state index contributed by atoms with van der Waals surface area (Å²) < 4.78 is 16.5. The van der Waals surface area contributed by atoms with Crippen LogP contribution in [0.2, 0.25) is 0 Å². The SMILES string of the molecule is C=CCc1cc(OC)c(C(C)C)c(OC)c1OC. The highest BCUT2D eigenvalue weighted by Gasteiger charge is 2.21. The summed E-state index contributed by atoms with van der Waals surface area (Å²) in [5.74, 6) is 2.65. The highest BCUT2D eigenvalue weighted by Crippen LogP contribution is 2.44. The van der Waals surface area contributed by atoms with Crippen LogP contribution in [0.4, 0.5) is 0 Å². The van der Waals surface area contributed by atoms with E-state index < -0.39 is 0 Å². The van der Waals surface area contributed by atoms with Crippen LogP contribution in [0.5, 0.6) is 17.2 Å². The summed E-state index contributed by atoms with van der Waals surface area (Å²) in [5.41, 5.74) is 2.05. The van der Waals surface area contributed by atoms with Gasteiger partial charge in [0.15, 0.2) is 11.5 Å². The number of ether oxygens (including phenoxy) is 3. The second-order valence-electron chi connectivity index (χ2n) is 4.37. The van der Waals surface area contributed by atoms with E-state index in [0.29, 0.717) is 12.3 Å². The Kier molecular flexibility index (Phi) is 5.08. The third-order valence-corrected chi connectivity index (χ3v) is 2.88. The van der Waals surface area contributed by atoms with E-state index in [4.69, 9.17) is 14.2 Å². The van der Waals surface area contributed by atoms with Crippen molar-refractivity contribution < 1.29 is 14.2 Å². The van der Waals surface area contributed by atoms with Crippen molar-refractivity contribution in [2.45, 2.75) is 26.2 Å². The van der Waals surface area contributed by atoms with E-state index in [-0.39, 0.29) is 0 Å². The van der Waals surface area contributed by atoms with Crippen molar-refractivity contribution in [2.75, 3.05) is 21.3 Å². The molecule has 1 aromatic carbocycles. The number of benzene rings is 1. The van der Waals surface area contributed by atoms with Crippen LogP contribution in [0.15, 0.2) is 18.7 Å². The lowest BCUT2D eigenvalue weighted by molar-refractivity contribution is 0.339. The Hall–Kier alpha value is -1.64. The first-order chi connectivity index (χ1) is 8.60. The molecule has 0 aliphatic heterocycles. The molecule has 18 heavy (non-hydrogen) atoms. The molecule has 0 amide bonds. The maximum absolute atomic E-state index is 5.52. The van der Waals surface area contributed by atoms with E-state index in [2.05, 4.69) is 20.4 Å². The first kappa shape index (κ1) is 14.4. The van der Waals surface area contributed by atoms with Gasteiger partial charge in [0.2, 0.25) is 0 Å². The normalized spacial score (nSPS) is 10.3. The Balaban J connectivity index is 3.56. The monoisotopic (exact) mass is 250 g/mol. The smallest absolute Gasteiger partial charge is 0.168 e. The first-order valence-electron chi connectivity index (χ1n) is 6.03. The van der Waals surface area contributed by atoms with Crippen LogP contribution >= 0.6 is 0 Å². The summed E-state index contributed by atoms with van der Waals surface area (Å²) in [6.45, 7) is 7.97. The zero-order valence-electron chi connectivity index (χ0n) is 11.9. The number of hydrogen-bond acceptors (Lipinski definition) is 3. The molecule has 0 saturated heterocycles. The molecule has 0 heterocycles. The van der Waals surface area contributed by atoms with Gasteiger partial charge in [-0.15, -0.1) is 6.58 Å². The molecule has 1 aromatic rings. The molecule has 100 valence electrons. The van der Waals surface area contributed by atoms with Crippen LogP contribution < -0.4 is 14.2 Å². The highest BCUT2D eigenvalue weighted by atomic mass is 16.5. The topological polar surface area (TPSA) is 27.7 Å². The van der Waals surface area contributed by atoms with E-state index in [1.54, 1.807) is 21.3 Å². The predicted molar refractivity (Wildman–Crippen MR) is 74.1 cm³/mol. The van der Waals surface area contributed by atoms with Crippen LogP contribution in [0.25, 0.3) is 0 Å². The predicted octanol–water partition coefficient (Wildman–Crippen LogP) is 3.56. The fourth-order valence-electron chi connectivity index (χ4n) is 2.13. The number of allylic oxidation sites excluding steroid dienone is 1. The third-order valence-electron chi connectivity index (χ3n) is 2.88. The Morgan fingerprint density at radius 3 is 2.11 bits per heavy atom. The van der Waals surface area contributed by atoms with Gasteiger partial charge in [-0.25, -0.2) is 0 Å². The van der Waals surface area contributed by atoms with E-state index in [1.807, 2.05) is 12.1 Å². The highest BCUT2D eigenvalue weighted by molar-refractivity contribution is 5.60. The van der Waals surface area contributed by atoms with Crippen molar-refractivity contribution in [2.24, 2.45) is 0 Å². The quantitative estimate of drug-likeness (QED) is 0.722. The molecule has 0 bridgehead atoms. The van der Waals surface area contributed by atoms with Crippen LogP contribution in [0.3, 0.4) is 0 Å². The van der Waals surface area contributed by atoms with Gasteiger partial charge >= 0.3 is 0 Å². The maximum atomic E-state index is 5.52. The van der Waals surface area contributed by atoms with Gasteiger partial charge in [-0.1, -0.05) is 19.9 Å². The zero-order chi connectivity index (χ0) is 13.7. The Labute approximate surface area is 109 Å². The Bertz CT molecular complexity index is 422. The summed E-state index contributed by atoms with van der Waals surface area (Å²) in [4.78, 5) is 0. The molecule has 1 rings (SSSR count). The summed E-state index contributed by atoms with van der Waals surface area (Å²) >= 11 is 0. The lowest BCUT2D eigenvalue weighted by Crippen LogP contribution is -2.04. The molecule has 0 radical (unpaired) electrons. The van der Waals surface area contributed by atoms with Gasteiger partial charge in [0, 0.05) is 11.1 Å². The molecule has 0 N–H and O–H groups in total. The van der Waals surface area contributed by atoms with Gasteiger partial charge in [-0.3, -0.25) is 0 Å². The van der Waals surface area contributed by atoms with Gasteiger partial charge in [0.1, 0.15) is 5.75 Å². The summed E-state index contributed by atoms with van der Waals surface area (Å²) in [7, 11) is 4.98. The molecule has 0 saturated carbocycles. The lowest BCUT2D eigenvalue weighted by atomic mass is 9.96. The number of rotatable bonds is 6. The van der Waals surface area contributed by atoms with Gasteiger partial charge in [-0.2, -0.15) is 0 Å². The first-order valence-corrected chi connectivity index (χ1v) is 6.03. The molecule has 0 fully saturated rings. The van der Waals surface area contributed by atoms with Gasteiger partial charge in [0.05, 0.1) is 21.3 Å². The minimum Gasteiger partial charge on any atom is -0.496 e. The molecule has 0 unspecified atom stereocenters. The van der Waals surface area contributed by atoms with Gasteiger partial charge in [0.25, 0.3) is 0 Å². The van der Waals surface area contributed by atoms with Crippen molar-refractivity contribution in [3.05, 3.63) is 29.8 Å². The standard InChI is InChI=1S/C15H22O3/c1-7-8-11-9-12(16-4)13(10(2)3)15(18-6)14(11)17-5/h7,9-10H,1,8H2,2-6H3. The van der Waals surface area contributed by atoms with Crippen LogP contribution in [-0.4, -0.2) is 21.3 Å². The van der Waals surface area contributed by atoms with E-state index in [9.17, 15) is 0 Å². The lowest BCUT2D eigenvalue weighted by Gasteiger charge is -2.21. The second-order valence-corrected chi connectivity index (χ2v) is 4.37. The average Bonchev–Trinajstić information content (AvgIpc) is 2.36. The Morgan fingerprint density at radius 1 is 1.11 bits per heavy atom. The van der Waals surface area contributed by atoms with Crippen molar-refractivity contribution in [1.29, 1.82) is 0 Å². The summed E-state index contributed by atoms with van der Waals surface area (Å²) in [5, 5.41) is 0. The minimum atomic E-state index is 0.293. The number of hydrogen-bond donors (Lipinski definition) is 0. The Morgan fingerprint density at radius 2 is 1.72 bits per heavy atom. The molecule has 0 atom stereocenters. The molecule has 0 aliphatic rings. The molecule has 3 heteroatoms. The van der Waals surface area contributed by atoms with Crippen molar-refractivity contribution in [1.82, 2.24) is 0 Å². The maximum Gasteiger partial charge on any atom is 0.168 e. The summed E-state index contributed by atoms with van der Waals surface area (Å²) in [6.07, 6.45) is 2.56. The van der Waals surface area contributed by atoms with Gasteiger partial charge in [-0.05, 0) is 18.4 Å². The minimum absolute atomic E-state index is 0.293. The van der Waals surface area contributed by atoms with Crippen LogP contribution in [0.1, 0.15) is 30.9 Å². The number of methoxy groups -OCH3 is 3. The molecule has 3 nitrogen and oxygen atoms in total. The van der Waals surface area contributed by atoms with E-state index in [1.165, 1.54) is 0 Å². The third kappa shape index (κ3) is 2.61. The summed E-state index contributed by atoms with van der Waals surface area (Å²) in [6, 6.07) is 2.00. The van der Waals surface area contributed by atoms with Crippen molar-refractivity contribution >= 4 is 0 Å². The van der Waals surface area contributed by atoms with Gasteiger partial charge < -0.3 is 14.2 Å². The molecular formula is C15H22O3. The molecule has 0 spiro atoms. The second kappa shape index (κ2) is 6.34. The fraction of sp³-hybridized carbons (Fsp3) is 0.467. The van der Waals surface area contributed by atoms with Crippen LogP contribution in [0, 0.1) is 0 Å². The molecule has 0 aliphatic carbocycles. The molecular weight excluding hydrogens is 228 g/mol. The van der Waals surface area contributed by atoms with E-state index >= 15 is 0 Å². The average molecular weight is 250 g/mol. The van der Waals surface area contributed by atoms with Crippen molar-refractivity contribution in [3.63, 3.8) is 0 Å². The fourth-order valence-corrected chi connectivity index (χ4v) is 2.13. The largest absolute Gasteiger partial charge is 0.496 e. The zero-order valence-corrected chi connectivity index (χ0v) is 11.9. The van der Waals surface area contributed by atoms with Crippen molar-refractivity contribution in [3.8, 4) is 17.2 Å². The van der Waals surface area contributed by atoms with Crippen LogP contribution in [-0.2, 0) is 6.42 Å².